The Hall–Kier alpha value is -3.69. The first-order valence-corrected chi connectivity index (χ1v) is 12.4. The van der Waals surface area contributed by atoms with Gasteiger partial charge in [0.2, 0.25) is 5.91 Å². The Morgan fingerprint density at radius 1 is 1.08 bits per heavy atom. The van der Waals surface area contributed by atoms with Crippen molar-refractivity contribution in [1.82, 2.24) is 14.3 Å². The molecular weight excluding hydrogens is 474 g/mol. The molecule has 194 valence electrons. The summed E-state index contributed by atoms with van der Waals surface area (Å²) in [4.78, 5) is 41.1. The lowest BCUT2D eigenvalue weighted by Crippen LogP contribution is -2.40. The van der Waals surface area contributed by atoms with E-state index < -0.39 is 17.9 Å². The summed E-state index contributed by atoms with van der Waals surface area (Å²) in [6, 6.07) is 16.5. The van der Waals surface area contributed by atoms with Gasteiger partial charge in [0.25, 0.3) is 5.56 Å². The predicted octanol–water partition coefficient (Wildman–Crippen LogP) is 3.27. The van der Waals surface area contributed by atoms with Crippen LogP contribution in [-0.4, -0.2) is 51.2 Å². The topological polar surface area (TPSA) is 92.0 Å². The van der Waals surface area contributed by atoms with E-state index in [2.05, 4.69) is 0 Å². The number of para-hydroxylation sites is 1. The Bertz CT molecular complexity index is 1390. The number of benzene rings is 2. The van der Waals surface area contributed by atoms with Gasteiger partial charge in [0.05, 0.1) is 36.4 Å². The zero-order chi connectivity index (χ0) is 26.3. The van der Waals surface area contributed by atoms with E-state index in [1.165, 1.54) is 0 Å². The number of nitrogens with zero attached hydrogens (tertiary/aromatic N) is 3. The van der Waals surface area contributed by atoms with Gasteiger partial charge in [-0.3, -0.25) is 14.3 Å². The zero-order valence-corrected chi connectivity index (χ0v) is 21.5. The van der Waals surface area contributed by atoms with E-state index in [4.69, 9.17) is 14.2 Å². The molecule has 2 aromatic carbocycles. The van der Waals surface area contributed by atoms with E-state index in [1.807, 2.05) is 64.2 Å². The number of amides is 1. The molecule has 1 fully saturated rings. The second-order valence-electron chi connectivity index (χ2n) is 9.95. The van der Waals surface area contributed by atoms with Crippen LogP contribution in [0.5, 0.6) is 0 Å². The van der Waals surface area contributed by atoms with Crippen molar-refractivity contribution in [2.45, 2.75) is 51.7 Å². The summed E-state index contributed by atoms with van der Waals surface area (Å²) in [6.07, 6.45) is -1.05. The van der Waals surface area contributed by atoms with Crippen LogP contribution in [0.25, 0.3) is 5.69 Å². The molecule has 0 saturated carbocycles. The molecule has 3 heterocycles. The maximum Gasteiger partial charge on any atom is 0.339 e. The second-order valence-corrected chi connectivity index (χ2v) is 9.95. The third-order valence-electron chi connectivity index (χ3n) is 7.00. The van der Waals surface area contributed by atoms with Gasteiger partial charge in [-0.2, -0.15) is 0 Å². The maximum atomic E-state index is 13.7. The third-order valence-corrected chi connectivity index (χ3v) is 7.00. The van der Waals surface area contributed by atoms with Crippen molar-refractivity contribution >= 4 is 11.9 Å². The molecule has 1 aromatic heterocycles. The summed E-state index contributed by atoms with van der Waals surface area (Å²) in [6.45, 7) is 6.19. The first kappa shape index (κ1) is 25.0. The number of cyclic esters (lactones) is 1. The Labute approximate surface area is 215 Å². The van der Waals surface area contributed by atoms with E-state index in [0.29, 0.717) is 23.3 Å². The lowest BCUT2D eigenvalue weighted by Gasteiger charge is -2.26. The van der Waals surface area contributed by atoms with E-state index >= 15 is 0 Å². The predicted molar refractivity (Wildman–Crippen MR) is 135 cm³/mol. The lowest BCUT2D eigenvalue weighted by molar-refractivity contribution is -0.147. The number of hydrogen-bond donors (Lipinski definition) is 0. The van der Waals surface area contributed by atoms with Gasteiger partial charge in [-0.15, -0.1) is 0 Å². The van der Waals surface area contributed by atoms with Gasteiger partial charge in [0.15, 0.2) is 5.79 Å². The lowest BCUT2D eigenvalue weighted by atomic mass is 10.0. The number of aromatic nitrogens is 2. The van der Waals surface area contributed by atoms with E-state index in [9.17, 15) is 14.4 Å². The molecule has 0 bridgehead atoms. The van der Waals surface area contributed by atoms with Crippen molar-refractivity contribution in [2.24, 2.45) is 7.05 Å². The standard InChI is InChI=1S/C28H31N3O6/c1-18-23(26(33)31(29(18)4)19-10-6-5-7-11-19)16-30(15-20-17-35-28(2,3)37-20)25(32)14-24-21-12-8-9-13-22(21)27(34)36-24/h5-13,20,24H,14-17H2,1-4H3. The molecule has 2 unspecified atom stereocenters. The normalized spacial score (nSPS) is 20.1. The molecule has 0 radical (unpaired) electrons. The van der Waals surface area contributed by atoms with Gasteiger partial charge < -0.3 is 19.1 Å². The van der Waals surface area contributed by atoms with Gasteiger partial charge in [-0.1, -0.05) is 36.4 Å². The third kappa shape index (κ3) is 4.84. The molecule has 2 atom stereocenters. The van der Waals surface area contributed by atoms with Crippen LogP contribution in [0.15, 0.2) is 59.4 Å². The van der Waals surface area contributed by atoms with Crippen LogP contribution in [-0.2, 0) is 32.6 Å². The minimum absolute atomic E-state index is 0.0293. The van der Waals surface area contributed by atoms with Crippen molar-refractivity contribution in [3.8, 4) is 5.69 Å². The molecule has 0 spiro atoms. The number of fused-ring (bicyclic) bond motifs is 1. The number of hydrogen-bond acceptors (Lipinski definition) is 6. The zero-order valence-electron chi connectivity index (χ0n) is 21.5. The SMILES string of the molecule is Cc1c(CN(CC2COC(C)(C)O2)C(=O)CC2OC(=O)c3ccccc32)c(=O)n(-c2ccccc2)n1C. The van der Waals surface area contributed by atoms with Gasteiger partial charge in [-0.05, 0) is 39.0 Å². The number of esters is 1. The van der Waals surface area contributed by atoms with Gasteiger partial charge in [0.1, 0.15) is 12.2 Å². The second kappa shape index (κ2) is 9.64. The molecule has 1 saturated heterocycles. The first-order valence-electron chi connectivity index (χ1n) is 12.4. The van der Waals surface area contributed by atoms with E-state index in [0.717, 1.165) is 11.4 Å². The maximum absolute atomic E-state index is 13.7. The van der Waals surface area contributed by atoms with Crippen molar-refractivity contribution in [3.05, 3.63) is 87.3 Å². The largest absolute Gasteiger partial charge is 0.453 e. The minimum Gasteiger partial charge on any atom is -0.453 e. The average Bonchev–Trinajstić information content (AvgIpc) is 3.46. The summed E-state index contributed by atoms with van der Waals surface area (Å²) in [5, 5.41) is 0. The average molecular weight is 506 g/mol. The van der Waals surface area contributed by atoms with Crippen molar-refractivity contribution < 1.29 is 23.8 Å². The summed E-state index contributed by atoms with van der Waals surface area (Å²) >= 11 is 0. The van der Waals surface area contributed by atoms with Crippen molar-refractivity contribution in [3.63, 3.8) is 0 Å². The molecule has 3 aromatic rings. The van der Waals surface area contributed by atoms with Crippen molar-refractivity contribution in [1.29, 1.82) is 0 Å². The van der Waals surface area contributed by atoms with Gasteiger partial charge in [-0.25, -0.2) is 9.48 Å². The quantitative estimate of drug-likeness (QED) is 0.458. The van der Waals surface area contributed by atoms with Crippen LogP contribution >= 0.6 is 0 Å². The molecule has 1 amide bonds. The fourth-order valence-electron chi connectivity index (χ4n) is 5.01. The Kier molecular flexibility index (Phi) is 6.51. The summed E-state index contributed by atoms with van der Waals surface area (Å²) in [5.41, 5.74) is 3.00. The number of rotatable bonds is 7. The molecule has 0 N–H and O–H groups in total. The summed E-state index contributed by atoms with van der Waals surface area (Å²) < 4.78 is 20.6. The summed E-state index contributed by atoms with van der Waals surface area (Å²) in [7, 11) is 1.82. The molecule has 0 aliphatic carbocycles. The number of ether oxygens (including phenoxy) is 3. The highest BCUT2D eigenvalue weighted by atomic mass is 16.7. The fraction of sp³-hybridized carbons (Fsp3) is 0.393. The Morgan fingerprint density at radius 3 is 2.49 bits per heavy atom. The van der Waals surface area contributed by atoms with Crippen LogP contribution in [0.4, 0.5) is 0 Å². The minimum atomic E-state index is -0.748. The highest BCUT2D eigenvalue weighted by Crippen LogP contribution is 2.33. The molecule has 9 nitrogen and oxygen atoms in total. The van der Waals surface area contributed by atoms with Crippen LogP contribution in [0, 0.1) is 6.92 Å². The monoisotopic (exact) mass is 505 g/mol. The van der Waals surface area contributed by atoms with Gasteiger partial charge in [0, 0.05) is 24.8 Å². The Morgan fingerprint density at radius 2 is 1.78 bits per heavy atom. The van der Waals surface area contributed by atoms with Crippen LogP contribution in [0.2, 0.25) is 0 Å². The molecule has 37 heavy (non-hydrogen) atoms. The van der Waals surface area contributed by atoms with E-state index in [-0.39, 0.29) is 37.1 Å². The van der Waals surface area contributed by atoms with Crippen LogP contribution in [0.1, 0.15) is 53.6 Å². The van der Waals surface area contributed by atoms with Crippen LogP contribution in [0.3, 0.4) is 0 Å². The van der Waals surface area contributed by atoms with Crippen molar-refractivity contribution in [2.75, 3.05) is 13.2 Å². The highest BCUT2D eigenvalue weighted by molar-refractivity contribution is 5.94. The Balaban J connectivity index is 1.44. The summed E-state index contributed by atoms with van der Waals surface area (Å²) in [5.74, 6) is -1.42. The molecule has 2 aliphatic rings. The fourth-order valence-corrected chi connectivity index (χ4v) is 5.01. The first-order chi connectivity index (χ1) is 17.6. The smallest absolute Gasteiger partial charge is 0.339 e. The van der Waals surface area contributed by atoms with Crippen LogP contribution < -0.4 is 5.56 Å². The molecule has 5 rings (SSSR count). The molecule has 9 heteroatoms. The van der Waals surface area contributed by atoms with Gasteiger partial charge >= 0.3 is 5.97 Å². The molecule has 2 aliphatic heterocycles. The number of carbonyl (C=O) groups excluding carboxylic acids is 2. The molecular formula is C28H31N3O6. The highest BCUT2D eigenvalue weighted by Gasteiger charge is 2.37. The number of carbonyl (C=O) groups is 2. The van der Waals surface area contributed by atoms with E-state index in [1.54, 1.807) is 32.5 Å².